The Morgan fingerprint density at radius 2 is 1.91 bits per heavy atom. The molecule has 108 valence electrons. The third-order valence-electron chi connectivity index (χ3n) is 3.68. The van der Waals surface area contributed by atoms with Crippen molar-refractivity contribution in [2.24, 2.45) is 0 Å². The standard InChI is InChI=1S/C18H14N2O2/c1-22-15-8-6-14(7-9-15)18(21)20-11-10-13-4-2-3-5-16(13)17(20)12-19/h2-11,17H,1H3/t17-/m1/s1. The highest BCUT2D eigenvalue weighted by Gasteiger charge is 2.28. The topological polar surface area (TPSA) is 53.3 Å². The van der Waals surface area contributed by atoms with Crippen LogP contribution < -0.4 is 4.74 Å². The molecule has 4 heteroatoms. The second-order valence-corrected chi connectivity index (χ2v) is 4.92. The molecule has 0 spiro atoms. The normalized spacial score (nSPS) is 15.8. The first-order valence-electron chi connectivity index (χ1n) is 6.88. The van der Waals surface area contributed by atoms with Crippen LogP contribution >= 0.6 is 0 Å². The molecule has 0 bridgehead atoms. The molecule has 0 fully saturated rings. The molecule has 2 aromatic rings. The van der Waals surface area contributed by atoms with Crippen molar-refractivity contribution < 1.29 is 9.53 Å². The zero-order chi connectivity index (χ0) is 15.5. The van der Waals surface area contributed by atoms with Crippen LogP contribution in [-0.4, -0.2) is 17.9 Å². The van der Waals surface area contributed by atoms with Gasteiger partial charge in [-0.1, -0.05) is 24.3 Å². The van der Waals surface area contributed by atoms with Gasteiger partial charge in [-0.3, -0.25) is 9.69 Å². The third-order valence-corrected chi connectivity index (χ3v) is 3.68. The van der Waals surface area contributed by atoms with E-state index < -0.39 is 6.04 Å². The summed E-state index contributed by atoms with van der Waals surface area (Å²) in [5.41, 5.74) is 2.33. The second-order valence-electron chi connectivity index (χ2n) is 4.92. The summed E-state index contributed by atoms with van der Waals surface area (Å²) in [6.45, 7) is 0. The van der Waals surface area contributed by atoms with Crippen molar-refractivity contribution in [3.8, 4) is 11.8 Å². The van der Waals surface area contributed by atoms with Crippen molar-refractivity contribution >= 4 is 12.0 Å². The molecule has 0 radical (unpaired) electrons. The largest absolute Gasteiger partial charge is 0.497 e. The van der Waals surface area contributed by atoms with Gasteiger partial charge in [-0.25, -0.2) is 0 Å². The van der Waals surface area contributed by atoms with E-state index in [4.69, 9.17) is 4.74 Å². The van der Waals surface area contributed by atoms with Gasteiger partial charge in [0.05, 0.1) is 13.2 Å². The van der Waals surface area contributed by atoms with E-state index in [1.165, 1.54) is 4.90 Å². The SMILES string of the molecule is COc1ccc(C(=O)N2C=Cc3ccccc3[C@H]2C#N)cc1. The van der Waals surface area contributed by atoms with Crippen LogP contribution in [0, 0.1) is 11.3 Å². The Hall–Kier alpha value is -3.06. The number of nitrogens with zero attached hydrogens (tertiary/aromatic N) is 2. The first kappa shape index (κ1) is 13.9. The van der Waals surface area contributed by atoms with Gasteiger partial charge in [0.1, 0.15) is 11.8 Å². The van der Waals surface area contributed by atoms with Gasteiger partial charge < -0.3 is 4.74 Å². The Morgan fingerprint density at radius 1 is 1.18 bits per heavy atom. The third kappa shape index (κ3) is 2.33. The van der Waals surface area contributed by atoms with Crippen molar-refractivity contribution in [2.45, 2.75) is 6.04 Å². The predicted molar refractivity (Wildman–Crippen MR) is 83.0 cm³/mol. The summed E-state index contributed by atoms with van der Waals surface area (Å²) in [6, 6.07) is 16.1. The molecule has 0 saturated heterocycles. The molecule has 0 unspecified atom stereocenters. The molecule has 0 saturated carbocycles. The van der Waals surface area contributed by atoms with Crippen molar-refractivity contribution in [1.82, 2.24) is 4.90 Å². The fraction of sp³-hybridized carbons (Fsp3) is 0.111. The number of fused-ring (bicyclic) bond motifs is 1. The Balaban J connectivity index is 1.94. The predicted octanol–water partition coefficient (Wildman–Crippen LogP) is 3.39. The summed E-state index contributed by atoms with van der Waals surface area (Å²) in [5.74, 6) is 0.480. The van der Waals surface area contributed by atoms with E-state index in [0.717, 1.165) is 11.1 Å². The summed E-state index contributed by atoms with van der Waals surface area (Å²) in [7, 11) is 1.58. The van der Waals surface area contributed by atoms with E-state index in [0.29, 0.717) is 11.3 Å². The number of methoxy groups -OCH3 is 1. The van der Waals surface area contributed by atoms with E-state index in [1.54, 1.807) is 37.6 Å². The molecule has 0 N–H and O–H groups in total. The van der Waals surface area contributed by atoms with E-state index in [2.05, 4.69) is 6.07 Å². The maximum atomic E-state index is 12.7. The monoisotopic (exact) mass is 290 g/mol. The van der Waals surface area contributed by atoms with Gasteiger partial charge in [0.2, 0.25) is 0 Å². The first-order valence-corrected chi connectivity index (χ1v) is 6.88. The fourth-order valence-corrected chi connectivity index (χ4v) is 2.51. The van der Waals surface area contributed by atoms with Crippen molar-refractivity contribution in [3.63, 3.8) is 0 Å². The maximum Gasteiger partial charge on any atom is 0.259 e. The molecule has 1 aliphatic rings. The fourth-order valence-electron chi connectivity index (χ4n) is 2.51. The number of hydrogen-bond acceptors (Lipinski definition) is 3. The molecule has 1 amide bonds. The molecule has 3 rings (SSSR count). The van der Waals surface area contributed by atoms with Gasteiger partial charge in [0.25, 0.3) is 5.91 Å². The first-order chi connectivity index (χ1) is 10.7. The lowest BCUT2D eigenvalue weighted by Crippen LogP contribution is -2.31. The summed E-state index contributed by atoms with van der Waals surface area (Å²) in [4.78, 5) is 14.1. The van der Waals surface area contributed by atoms with Crippen LogP contribution in [0.15, 0.2) is 54.7 Å². The number of ether oxygens (including phenoxy) is 1. The average molecular weight is 290 g/mol. The second kappa shape index (κ2) is 5.74. The number of rotatable bonds is 2. The van der Waals surface area contributed by atoms with Crippen molar-refractivity contribution in [1.29, 1.82) is 5.26 Å². The molecular weight excluding hydrogens is 276 g/mol. The summed E-state index contributed by atoms with van der Waals surface area (Å²) in [5, 5.41) is 9.49. The highest BCUT2D eigenvalue weighted by molar-refractivity contribution is 5.96. The average Bonchev–Trinajstić information content (AvgIpc) is 2.60. The van der Waals surface area contributed by atoms with Crippen LogP contribution in [0.2, 0.25) is 0 Å². The number of carbonyl (C=O) groups is 1. The lowest BCUT2D eigenvalue weighted by Gasteiger charge is -2.28. The zero-order valence-corrected chi connectivity index (χ0v) is 12.1. The van der Waals surface area contributed by atoms with E-state index in [-0.39, 0.29) is 5.91 Å². The Labute approximate surface area is 128 Å². The number of amides is 1. The molecule has 4 nitrogen and oxygen atoms in total. The molecular formula is C18H14N2O2. The van der Waals surface area contributed by atoms with Gasteiger partial charge >= 0.3 is 0 Å². The molecule has 1 aliphatic heterocycles. The van der Waals surface area contributed by atoms with Crippen LogP contribution in [-0.2, 0) is 0 Å². The lowest BCUT2D eigenvalue weighted by molar-refractivity contribution is 0.0794. The van der Waals surface area contributed by atoms with Gasteiger partial charge in [-0.2, -0.15) is 5.26 Å². The Kier molecular flexibility index (Phi) is 3.63. The Bertz CT molecular complexity index is 772. The molecule has 2 aromatic carbocycles. The highest BCUT2D eigenvalue weighted by atomic mass is 16.5. The van der Waals surface area contributed by atoms with Gasteiger partial charge in [-0.05, 0) is 41.5 Å². The molecule has 22 heavy (non-hydrogen) atoms. The molecule has 1 heterocycles. The van der Waals surface area contributed by atoms with Crippen molar-refractivity contribution in [3.05, 3.63) is 71.4 Å². The van der Waals surface area contributed by atoms with Crippen LogP contribution in [0.1, 0.15) is 27.5 Å². The van der Waals surface area contributed by atoms with Crippen molar-refractivity contribution in [2.75, 3.05) is 7.11 Å². The lowest BCUT2D eigenvalue weighted by atomic mass is 9.96. The van der Waals surface area contributed by atoms with Crippen LogP contribution in [0.3, 0.4) is 0 Å². The maximum absolute atomic E-state index is 12.7. The summed E-state index contributed by atoms with van der Waals surface area (Å²) in [6.07, 6.45) is 3.52. The zero-order valence-electron chi connectivity index (χ0n) is 12.1. The smallest absolute Gasteiger partial charge is 0.259 e. The number of carbonyl (C=O) groups excluding carboxylic acids is 1. The highest BCUT2D eigenvalue weighted by Crippen LogP contribution is 2.31. The van der Waals surface area contributed by atoms with Crippen LogP contribution in [0.5, 0.6) is 5.75 Å². The van der Waals surface area contributed by atoms with Gasteiger partial charge in [0, 0.05) is 11.8 Å². The summed E-state index contributed by atoms with van der Waals surface area (Å²) < 4.78 is 5.09. The minimum Gasteiger partial charge on any atom is -0.497 e. The quantitative estimate of drug-likeness (QED) is 0.852. The number of nitriles is 1. The van der Waals surface area contributed by atoms with Crippen LogP contribution in [0.4, 0.5) is 0 Å². The number of hydrogen-bond donors (Lipinski definition) is 0. The van der Waals surface area contributed by atoms with Crippen LogP contribution in [0.25, 0.3) is 6.08 Å². The molecule has 0 aromatic heterocycles. The van der Waals surface area contributed by atoms with E-state index >= 15 is 0 Å². The van der Waals surface area contributed by atoms with Gasteiger partial charge in [-0.15, -0.1) is 0 Å². The Morgan fingerprint density at radius 3 is 2.59 bits per heavy atom. The molecule has 0 aliphatic carbocycles. The minimum atomic E-state index is -0.615. The minimum absolute atomic E-state index is 0.208. The van der Waals surface area contributed by atoms with E-state index in [9.17, 15) is 10.1 Å². The van der Waals surface area contributed by atoms with E-state index in [1.807, 2.05) is 30.3 Å². The summed E-state index contributed by atoms with van der Waals surface area (Å²) >= 11 is 0. The molecule has 1 atom stereocenters. The number of benzene rings is 2. The van der Waals surface area contributed by atoms with Gasteiger partial charge in [0.15, 0.2) is 0 Å².